The van der Waals surface area contributed by atoms with E-state index in [0.29, 0.717) is 13.1 Å². The van der Waals surface area contributed by atoms with E-state index in [-0.39, 0.29) is 11.7 Å². The summed E-state index contributed by atoms with van der Waals surface area (Å²) in [6.07, 6.45) is 2.46. The molecule has 0 atom stereocenters. The highest BCUT2D eigenvalue weighted by Crippen LogP contribution is 2.13. The third-order valence-corrected chi connectivity index (χ3v) is 3.82. The van der Waals surface area contributed by atoms with Gasteiger partial charge in [0.15, 0.2) is 0 Å². The minimum Gasteiger partial charge on any atom is -0.444 e. The number of nitrogens with zero attached hydrogens (tertiary/aromatic N) is 3. The molecule has 1 aliphatic heterocycles. The first kappa shape index (κ1) is 17.5. The standard InChI is InChI=1S/C17H27N3O3/c1-17(2,3)23-16(22)20-8-5-7-19(10-11-20)13-14-6-9-18(4)15(21)12-14/h6,9,12H,5,7-8,10-11,13H2,1-4H3. The molecule has 1 aromatic rings. The summed E-state index contributed by atoms with van der Waals surface area (Å²) in [4.78, 5) is 27.9. The Kier molecular flexibility index (Phi) is 5.46. The molecule has 0 spiro atoms. The number of hydrogen-bond acceptors (Lipinski definition) is 4. The summed E-state index contributed by atoms with van der Waals surface area (Å²) in [5.74, 6) is 0. The second-order valence-corrected chi connectivity index (χ2v) is 7.08. The lowest BCUT2D eigenvalue weighted by Gasteiger charge is -2.26. The third-order valence-electron chi connectivity index (χ3n) is 3.82. The van der Waals surface area contributed by atoms with E-state index >= 15 is 0 Å². The zero-order chi connectivity index (χ0) is 17.0. The molecule has 2 rings (SSSR count). The molecule has 1 aliphatic rings. The number of hydrogen-bond donors (Lipinski definition) is 0. The number of amides is 1. The average Bonchev–Trinajstić information content (AvgIpc) is 2.67. The maximum absolute atomic E-state index is 12.2. The van der Waals surface area contributed by atoms with E-state index in [0.717, 1.165) is 31.6 Å². The van der Waals surface area contributed by atoms with Gasteiger partial charge in [-0.3, -0.25) is 9.69 Å². The highest BCUT2D eigenvalue weighted by molar-refractivity contribution is 5.68. The lowest BCUT2D eigenvalue weighted by atomic mass is 10.2. The highest BCUT2D eigenvalue weighted by atomic mass is 16.6. The fourth-order valence-electron chi connectivity index (χ4n) is 2.58. The Hall–Kier alpha value is -1.82. The fourth-order valence-corrected chi connectivity index (χ4v) is 2.58. The van der Waals surface area contributed by atoms with Crippen LogP contribution in [0, 0.1) is 0 Å². The van der Waals surface area contributed by atoms with Gasteiger partial charge in [0.2, 0.25) is 0 Å². The Labute approximate surface area is 137 Å². The number of carbonyl (C=O) groups is 1. The van der Waals surface area contributed by atoms with Crippen LogP contribution in [0.25, 0.3) is 0 Å². The smallest absolute Gasteiger partial charge is 0.410 e. The van der Waals surface area contributed by atoms with Crippen LogP contribution < -0.4 is 5.56 Å². The van der Waals surface area contributed by atoms with Crippen LogP contribution in [0.5, 0.6) is 0 Å². The van der Waals surface area contributed by atoms with Crippen molar-refractivity contribution in [2.75, 3.05) is 26.2 Å². The van der Waals surface area contributed by atoms with Crippen LogP contribution >= 0.6 is 0 Å². The number of aryl methyl sites for hydroxylation is 1. The van der Waals surface area contributed by atoms with E-state index < -0.39 is 5.60 Å². The summed E-state index contributed by atoms with van der Waals surface area (Å²) < 4.78 is 7.01. The van der Waals surface area contributed by atoms with Crippen molar-refractivity contribution in [1.29, 1.82) is 0 Å². The Morgan fingerprint density at radius 3 is 2.61 bits per heavy atom. The molecule has 0 bridgehead atoms. The predicted octanol–water partition coefficient (Wildman–Crippen LogP) is 1.83. The van der Waals surface area contributed by atoms with Crippen LogP contribution in [0.3, 0.4) is 0 Å². The monoisotopic (exact) mass is 321 g/mol. The van der Waals surface area contributed by atoms with Crippen LogP contribution in [-0.2, 0) is 18.3 Å². The van der Waals surface area contributed by atoms with Gasteiger partial charge in [-0.15, -0.1) is 0 Å². The number of pyridine rings is 1. The van der Waals surface area contributed by atoms with Gasteiger partial charge in [0.25, 0.3) is 5.56 Å². The molecule has 0 aromatic carbocycles. The summed E-state index contributed by atoms with van der Waals surface area (Å²) in [7, 11) is 1.75. The summed E-state index contributed by atoms with van der Waals surface area (Å²) in [5.41, 5.74) is 0.555. The van der Waals surface area contributed by atoms with E-state index in [4.69, 9.17) is 4.74 Å². The minimum atomic E-state index is -0.465. The maximum Gasteiger partial charge on any atom is 0.410 e. The SMILES string of the molecule is Cn1ccc(CN2CCCN(C(=O)OC(C)(C)C)CC2)cc1=O. The van der Waals surface area contributed by atoms with Crippen molar-refractivity contribution in [2.45, 2.75) is 39.3 Å². The largest absolute Gasteiger partial charge is 0.444 e. The topological polar surface area (TPSA) is 54.8 Å². The molecular formula is C17H27N3O3. The molecule has 0 N–H and O–H groups in total. The van der Waals surface area contributed by atoms with E-state index in [1.807, 2.05) is 26.8 Å². The van der Waals surface area contributed by atoms with Gasteiger partial charge in [-0.1, -0.05) is 0 Å². The van der Waals surface area contributed by atoms with E-state index in [1.165, 1.54) is 0 Å². The lowest BCUT2D eigenvalue weighted by molar-refractivity contribution is 0.0257. The molecule has 1 saturated heterocycles. The Balaban J connectivity index is 1.92. The predicted molar refractivity (Wildman–Crippen MR) is 89.4 cm³/mol. The third kappa shape index (κ3) is 5.39. The number of carbonyl (C=O) groups excluding carboxylic acids is 1. The lowest BCUT2D eigenvalue weighted by Crippen LogP contribution is -2.39. The number of rotatable bonds is 2. The van der Waals surface area contributed by atoms with Gasteiger partial charge in [-0.05, 0) is 38.8 Å². The van der Waals surface area contributed by atoms with Crippen molar-refractivity contribution in [3.63, 3.8) is 0 Å². The van der Waals surface area contributed by atoms with Gasteiger partial charge in [0.05, 0.1) is 0 Å². The fraction of sp³-hybridized carbons (Fsp3) is 0.647. The van der Waals surface area contributed by atoms with Crippen molar-refractivity contribution in [3.8, 4) is 0 Å². The van der Waals surface area contributed by atoms with Crippen molar-refractivity contribution in [1.82, 2.24) is 14.4 Å². The van der Waals surface area contributed by atoms with Crippen molar-refractivity contribution in [2.24, 2.45) is 7.05 Å². The Bertz CT molecular complexity index is 604. The van der Waals surface area contributed by atoms with Crippen LogP contribution in [-0.4, -0.2) is 52.2 Å². The second kappa shape index (κ2) is 7.17. The highest BCUT2D eigenvalue weighted by Gasteiger charge is 2.24. The zero-order valence-electron chi connectivity index (χ0n) is 14.5. The van der Waals surface area contributed by atoms with Crippen LogP contribution in [0.4, 0.5) is 4.79 Å². The molecule has 1 amide bonds. The quantitative estimate of drug-likeness (QED) is 0.834. The summed E-state index contributed by atoms with van der Waals surface area (Å²) >= 11 is 0. The minimum absolute atomic E-state index is 0.00713. The van der Waals surface area contributed by atoms with Crippen molar-refractivity contribution < 1.29 is 9.53 Å². The Morgan fingerprint density at radius 2 is 1.96 bits per heavy atom. The summed E-state index contributed by atoms with van der Waals surface area (Å²) in [6, 6.07) is 3.65. The first-order chi connectivity index (χ1) is 10.7. The average molecular weight is 321 g/mol. The first-order valence-electron chi connectivity index (χ1n) is 8.10. The molecule has 0 aliphatic carbocycles. The summed E-state index contributed by atoms with van der Waals surface area (Å²) in [6.45, 7) is 9.43. The van der Waals surface area contributed by atoms with Gasteiger partial charge in [0.1, 0.15) is 5.60 Å². The molecule has 23 heavy (non-hydrogen) atoms. The van der Waals surface area contributed by atoms with E-state index in [9.17, 15) is 9.59 Å². The van der Waals surface area contributed by atoms with E-state index in [2.05, 4.69) is 4.90 Å². The second-order valence-electron chi connectivity index (χ2n) is 7.08. The van der Waals surface area contributed by atoms with Crippen LogP contribution in [0.2, 0.25) is 0 Å². The normalized spacial score (nSPS) is 17.0. The number of aromatic nitrogens is 1. The first-order valence-corrected chi connectivity index (χ1v) is 8.10. The molecule has 2 heterocycles. The maximum atomic E-state index is 12.2. The van der Waals surface area contributed by atoms with Gasteiger partial charge >= 0.3 is 6.09 Å². The van der Waals surface area contributed by atoms with Gasteiger partial charge in [0, 0.05) is 52.0 Å². The van der Waals surface area contributed by atoms with E-state index in [1.54, 1.807) is 28.8 Å². The molecule has 0 radical (unpaired) electrons. The van der Waals surface area contributed by atoms with Gasteiger partial charge < -0.3 is 14.2 Å². The molecular weight excluding hydrogens is 294 g/mol. The zero-order valence-corrected chi connectivity index (χ0v) is 14.5. The molecule has 6 heteroatoms. The van der Waals surface area contributed by atoms with Crippen LogP contribution in [0.15, 0.2) is 23.1 Å². The molecule has 0 saturated carbocycles. The van der Waals surface area contributed by atoms with Gasteiger partial charge in [-0.2, -0.15) is 0 Å². The Morgan fingerprint density at radius 1 is 1.22 bits per heavy atom. The molecule has 1 aromatic heterocycles. The van der Waals surface area contributed by atoms with Crippen molar-refractivity contribution in [3.05, 3.63) is 34.2 Å². The van der Waals surface area contributed by atoms with Gasteiger partial charge in [-0.25, -0.2) is 4.79 Å². The molecule has 0 unspecified atom stereocenters. The van der Waals surface area contributed by atoms with Crippen molar-refractivity contribution >= 4 is 6.09 Å². The summed E-state index contributed by atoms with van der Waals surface area (Å²) in [5, 5.41) is 0. The molecule has 6 nitrogen and oxygen atoms in total. The van der Waals surface area contributed by atoms with Crippen LogP contribution in [0.1, 0.15) is 32.8 Å². The molecule has 1 fully saturated rings. The molecule has 128 valence electrons. The number of ether oxygens (including phenoxy) is 1.